The molecule has 1 aromatic rings. The van der Waals surface area contributed by atoms with E-state index < -0.39 is 18.0 Å². The molecule has 2 rings (SSSR count). The molecule has 0 saturated heterocycles. The topological polar surface area (TPSA) is 47.6 Å². The first kappa shape index (κ1) is 14.1. The van der Waals surface area contributed by atoms with Gasteiger partial charge in [0, 0.05) is 19.1 Å². The quantitative estimate of drug-likeness (QED) is 0.866. The van der Waals surface area contributed by atoms with Crippen LogP contribution in [0.15, 0.2) is 12.1 Å². The minimum Gasteiger partial charge on any atom is -0.424 e. The Morgan fingerprint density at radius 2 is 1.63 bits per heavy atom. The number of rotatable bonds is 1. The summed E-state index contributed by atoms with van der Waals surface area (Å²) in [6.07, 6.45) is -4.99. The van der Waals surface area contributed by atoms with E-state index in [1.807, 2.05) is 0 Å². The highest BCUT2D eigenvalue weighted by atomic mass is 35.5. The van der Waals surface area contributed by atoms with E-state index in [0.717, 1.165) is 19.1 Å². The minimum absolute atomic E-state index is 0.00446. The van der Waals surface area contributed by atoms with Crippen molar-refractivity contribution in [1.82, 2.24) is 5.32 Å². The fourth-order valence-corrected chi connectivity index (χ4v) is 1.78. The largest absolute Gasteiger partial charge is 0.492 e. The summed E-state index contributed by atoms with van der Waals surface area (Å²) in [5.74, 6) is -4.77. The normalized spacial score (nSPS) is 16.3. The molecule has 0 radical (unpaired) electrons. The second-order valence-electron chi connectivity index (χ2n) is 3.71. The maximum absolute atomic E-state index is 13.0. The van der Waals surface area contributed by atoms with Crippen molar-refractivity contribution >= 4 is 29.1 Å². The van der Waals surface area contributed by atoms with Crippen LogP contribution in [0.1, 0.15) is 6.92 Å². The van der Waals surface area contributed by atoms with Gasteiger partial charge < -0.3 is 9.47 Å². The van der Waals surface area contributed by atoms with Crippen molar-refractivity contribution in [2.45, 2.75) is 19.0 Å². The number of nitrogens with one attached hydrogen (secondary N) is 1. The second-order valence-corrected chi connectivity index (χ2v) is 4.53. The van der Waals surface area contributed by atoms with Crippen molar-refractivity contribution in [2.75, 3.05) is 0 Å². The zero-order chi connectivity index (χ0) is 14.4. The number of fused-ring (bicyclic) bond motifs is 1. The zero-order valence-corrected chi connectivity index (χ0v) is 10.8. The number of carbonyl (C=O) groups is 1. The first-order valence-corrected chi connectivity index (χ1v) is 5.63. The molecule has 1 N–H and O–H groups in total. The number of hydrogen-bond donors (Lipinski definition) is 1. The molecule has 0 fully saturated rings. The third-order valence-corrected chi connectivity index (χ3v) is 2.93. The Morgan fingerprint density at radius 3 is 1.95 bits per heavy atom. The zero-order valence-electron chi connectivity index (χ0n) is 9.27. The fourth-order valence-electron chi connectivity index (χ4n) is 1.47. The third kappa shape index (κ3) is 2.40. The highest BCUT2D eigenvalue weighted by Gasteiger charge is 2.65. The molecule has 1 heterocycles. The molecule has 104 valence electrons. The molecule has 0 spiro atoms. The summed E-state index contributed by atoms with van der Waals surface area (Å²) in [6, 6.07) is 2.16. The van der Waals surface area contributed by atoms with Crippen molar-refractivity contribution in [2.24, 2.45) is 0 Å². The number of amides is 1. The molecular formula is C10H6Cl2F3NO3. The predicted octanol–water partition coefficient (Wildman–Crippen LogP) is 3.12. The summed E-state index contributed by atoms with van der Waals surface area (Å²) in [6.45, 7) is 0.906. The molecule has 0 bridgehead atoms. The maximum atomic E-state index is 13.0. The molecule has 1 aliphatic rings. The lowest BCUT2D eigenvalue weighted by Crippen LogP contribution is -2.64. The van der Waals surface area contributed by atoms with Crippen LogP contribution in [0.5, 0.6) is 11.5 Å². The number of carbonyl (C=O) groups excluding carboxylic acids is 1. The highest BCUT2D eigenvalue weighted by molar-refractivity contribution is 6.42. The minimum atomic E-state index is -4.99. The van der Waals surface area contributed by atoms with Gasteiger partial charge in [-0.2, -0.15) is 13.2 Å². The van der Waals surface area contributed by atoms with Gasteiger partial charge in [0.25, 0.3) is 0 Å². The van der Waals surface area contributed by atoms with Gasteiger partial charge in [-0.3, -0.25) is 10.1 Å². The molecule has 1 amide bonds. The SMILES string of the molecule is CC(=O)NC1(C(F)(F)F)Oc2cc(Cl)c(Cl)cc2O1. The van der Waals surface area contributed by atoms with Gasteiger partial charge in [0.05, 0.1) is 10.0 Å². The Bertz CT molecular complexity index is 517. The molecule has 1 aromatic carbocycles. The lowest BCUT2D eigenvalue weighted by Gasteiger charge is -2.29. The van der Waals surface area contributed by atoms with E-state index in [0.29, 0.717) is 0 Å². The predicted molar refractivity (Wildman–Crippen MR) is 60.3 cm³/mol. The van der Waals surface area contributed by atoms with Crippen LogP contribution in [0.2, 0.25) is 10.0 Å². The Kier molecular flexibility index (Phi) is 3.22. The van der Waals surface area contributed by atoms with Gasteiger partial charge in [0.15, 0.2) is 11.5 Å². The van der Waals surface area contributed by atoms with Gasteiger partial charge in [-0.15, -0.1) is 0 Å². The molecule has 0 aromatic heterocycles. The van der Waals surface area contributed by atoms with Crippen molar-refractivity contribution in [3.05, 3.63) is 22.2 Å². The molecule has 0 aliphatic carbocycles. The van der Waals surface area contributed by atoms with Crippen molar-refractivity contribution in [1.29, 1.82) is 0 Å². The second kappa shape index (κ2) is 4.35. The number of halogens is 5. The van der Waals surface area contributed by atoms with E-state index in [9.17, 15) is 18.0 Å². The van der Waals surface area contributed by atoms with Crippen molar-refractivity contribution < 1.29 is 27.4 Å². The molecule has 0 unspecified atom stereocenters. The lowest BCUT2D eigenvalue weighted by atomic mass is 10.3. The molecule has 4 nitrogen and oxygen atoms in total. The summed E-state index contributed by atoms with van der Waals surface area (Å²) < 4.78 is 48.4. The van der Waals surface area contributed by atoms with Crippen LogP contribution in [0.4, 0.5) is 13.2 Å². The van der Waals surface area contributed by atoms with Crippen LogP contribution in [-0.2, 0) is 4.79 Å². The summed E-state index contributed by atoms with van der Waals surface area (Å²) in [4.78, 5) is 10.9. The van der Waals surface area contributed by atoms with E-state index in [4.69, 9.17) is 23.2 Å². The monoisotopic (exact) mass is 315 g/mol. The Hall–Kier alpha value is -1.34. The van der Waals surface area contributed by atoms with Gasteiger partial charge in [-0.25, -0.2) is 0 Å². The van der Waals surface area contributed by atoms with Gasteiger partial charge in [-0.1, -0.05) is 23.2 Å². The van der Waals surface area contributed by atoms with E-state index in [-0.39, 0.29) is 21.5 Å². The summed E-state index contributed by atoms with van der Waals surface area (Å²) in [5.41, 5.74) is 0. The highest BCUT2D eigenvalue weighted by Crippen LogP contribution is 2.47. The van der Waals surface area contributed by atoms with Crippen molar-refractivity contribution in [3.8, 4) is 11.5 Å². The molecule has 9 heteroatoms. The summed E-state index contributed by atoms with van der Waals surface area (Å²) in [7, 11) is 0. The standard InChI is InChI=1S/C10H6Cl2F3NO3/c1-4(17)16-10(9(13,14)15)18-7-2-5(11)6(12)3-8(7)19-10/h2-3H,1H3,(H,16,17). The summed E-state index contributed by atoms with van der Waals surface area (Å²) in [5, 5.41) is 1.60. The average molecular weight is 316 g/mol. The molecule has 1 aliphatic heterocycles. The van der Waals surface area contributed by atoms with Crippen LogP contribution in [0.25, 0.3) is 0 Å². The van der Waals surface area contributed by atoms with Crippen LogP contribution in [0, 0.1) is 0 Å². The first-order valence-electron chi connectivity index (χ1n) is 4.87. The van der Waals surface area contributed by atoms with Gasteiger partial charge in [0.1, 0.15) is 0 Å². The number of benzene rings is 1. The van der Waals surface area contributed by atoms with Gasteiger partial charge in [-0.05, 0) is 0 Å². The Labute approximate surface area is 115 Å². The number of alkyl halides is 3. The molecule has 0 saturated carbocycles. The lowest BCUT2D eigenvalue weighted by molar-refractivity contribution is -0.319. The molecule has 19 heavy (non-hydrogen) atoms. The van der Waals surface area contributed by atoms with Gasteiger partial charge >= 0.3 is 12.1 Å². The van der Waals surface area contributed by atoms with E-state index in [1.165, 1.54) is 0 Å². The van der Waals surface area contributed by atoms with Crippen LogP contribution in [0.3, 0.4) is 0 Å². The molecule has 0 atom stereocenters. The van der Waals surface area contributed by atoms with Crippen molar-refractivity contribution in [3.63, 3.8) is 0 Å². The van der Waals surface area contributed by atoms with Crippen LogP contribution in [-0.4, -0.2) is 18.0 Å². The third-order valence-electron chi connectivity index (χ3n) is 2.21. The van der Waals surface area contributed by atoms with Crippen LogP contribution < -0.4 is 14.8 Å². The van der Waals surface area contributed by atoms with E-state index in [1.54, 1.807) is 5.32 Å². The maximum Gasteiger partial charge on any atom is 0.492 e. The van der Waals surface area contributed by atoms with Crippen LogP contribution >= 0.6 is 23.2 Å². The Balaban J connectivity index is 2.45. The Morgan fingerprint density at radius 1 is 1.21 bits per heavy atom. The fraction of sp³-hybridized carbons (Fsp3) is 0.300. The summed E-state index contributed by atoms with van der Waals surface area (Å²) >= 11 is 11.3. The average Bonchev–Trinajstić information content (AvgIpc) is 2.55. The van der Waals surface area contributed by atoms with E-state index in [2.05, 4.69) is 9.47 Å². The number of hydrogen-bond acceptors (Lipinski definition) is 3. The van der Waals surface area contributed by atoms with E-state index >= 15 is 0 Å². The van der Waals surface area contributed by atoms with Gasteiger partial charge in [0.2, 0.25) is 5.91 Å². The smallest absolute Gasteiger partial charge is 0.424 e. The first-order chi connectivity index (χ1) is 8.64. The number of ether oxygens (including phenoxy) is 2. The molecular weight excluding hydrogens is 310 g/mol.